The van der Waals surface area contributed by atoms with Crippen molar-refractivity contribution in [1.29, 1.82) is 0 Å². The van der Waals surface area contributed by atoms with Gasteiger partial charge in [0.05, 0.1) is 12.0 Å². The molecule has 0 radical (unpaired) electrons. The van der Waals surface area contributed by atoms with E-state index in [4.69, 9.17) is 4.18 Å². The van der Waals surface area contributed by atoms with Gasteiger partial charge in [0.25, 0.3) is 0 Å². The van der Waals surface area contributed by atoms with E-state index in [0.717, 1.165) is 11.1 Å². The molecule has 0 heterocycles. The number of hydrogen-bond acceptors (Lipinski definition) is 3. The van der Waals surface area contributed by atoms with Gasteiger partial charge in [0.15, 0.2) is 0 Å². The molecule has 0 unspecified atom stereocenters. The number of allylic oxidation sites excluding steroid dienone is 1. The fourth-order valence-electron chi connectivity index (χ4n) is 0.543. The second-order valence-corrected chi connectivity index (χ2v) is 4.32. The normalized spacial score (nSPS) is 15.6. The maximum atomic E-state index is 11.2. The summed E-state index contributed by atoms with van der Waals surface area (Å²) in [5, 5.41) is 0.568. The summed E-state index contributed by atoms with van der Waals surface area (Å²) in [6.07, 6.45) is 2.37. The number of rotatable bonds is 3. The first-order chi connectivity index (χ1) is 5.61. The molecule has 0 aromatic heterocycles. The van der Waals surface area contributed by atoms with Crippen molar-refractivity contribution in [1.82, 2.24) is 0 Å². The number of carbonyl (C=O) groups excluding carboxylic acids is 1. The van der Waals surface area contributed by atoms with Crippen LogP contribution < -0.4 is 0 Å². The summed E-state index contributed by atoms with van der Waals surface area (Å²) in [5.74, 6) is -0.188. The molecule has 0 aromatic rings. The van der Waals surface area contributed by atoms with Gasteiger partial charge in [-0.2, -0.15) is 0 Å². The van der Waals surface area contributed by atoms with Gasteiger partial charge in [-0.1, -0.05) is 5.57 Å². The van der Waals surface area contributed by atoms with Crippen LogP contribution in [0, 0.1) is 0 Å². The van der Waals surface area contributed by atoms with Gasteiger partial charge in [0.2, 0.25) is 0 Å². The highest BCUT2D eigenvalue weighted by Crippen LogP contribution is 2.35. The SMILES string of the molecule is CC(C)=C(C)C(=O)OSC1CC1. The summed E-state index contributed by atoms with van der Waals surface area (Å²) in [6.45, 7) is 5.63. The first-order valence-electron chi connectivity index (χ1n) is 4.13. The van der Waals surface area contributed by atoms with Crippen LogP contribution in [0.15, 0.2) is 11.1 Å². The molecule has 0 spiro atoms. The molecule has 12 heavy (non-hydrogen) atoms. The van der Waals surface area contributed by atoms with Gasteiger partial charge in [0.1, 0.15) is 0 Å². The lowest BCUT2D eigenvalue weighted by Gasteiger charge is -2.02. The zero-order valence-corrected chi connectivity index (χ0v) is 8.53. The third kappa shape index (κ3) is 2.89. The predicted octanol–water partition coefficient (Wildman–Crippen LogP) is 2.70. The molecule has 0 N–H and O–H groups in total. The third-order valence-electron chi connectivity index (χ3n) is 1.84. The molecule has 0 aromatic carbocycles. The van der Waals surface area contributed by atoms with Gasteiger partial charge in [0, 0.05) is 10.8 Å². The molecule has 1 aliphatic rings. The van der Waals surface area contributed by atoms with E-state index in [1.165, 1.54) is 24.9 Å². The quantitative estimate of drug-likeness (QED) is 0.500. The highest BCUT2D eigenvalue weighted by molar-refractivity contribution is 7.95. The molecule has 0 saturated heterocycles. The van der Waals surface area contributed by atoms with Gasteiger partial charge in [-0.15, -0.1) is 0 Å². The van der Waals surface area contributed by atoms with Crippen molar-refractivity contribution < 1.29 is 8.98 Å². The smallest absolute Gasteiger partial charge is 0.345 e. The monoisotopic (exact) mass is 186 g/mol. The Hall–Kier alpha value is -0.440. The Bertz CT molecular complexity index is 213. The van der Waals surface area contributed by atoms with Crippen molar-refractivity contribution in [2.45, 2.75) is 38.9 Å². The molecule has 1 fully saturated rings. The van der Waals surface area contributed by atoms with E-state index in [9.17, 15) is 4.79 Å². The van der Waals surface area contributed by atoms with Gasteiger partial charge in [-0.25, -0.2) is 4.79 Å². The molecule has 2 nitrogen and oxygen atoms in total. The van der Waals surface area contributed by atoms with Crippen LogP contribution in [0.2, 0.25) is 0 Å². The zero-order chi connectivity index (χ0) is 9.14. The number of hydrogen-bond donors (Lipinski definition) is 0. The van der Waals surface area contributed by atoms with Gasteiger partial charge in [-0.3, -0.25) is 0 Å². The van der Waals surface area contributed by atoms with Gasteiger partial charge >= 0.3 is 5.97 Å². The van der Waals surface area contributed by atoms with Crippen LogP contribution >= 0.6 is 12.0 Å². The highest BCUT2D eigenvalue weighted by atomic mass is 32.2. The molecular weight excluding hydrogens is 172 g/mol. The third-order valence-corrected chi connectivity index (χ3v) is 2.83. The van der Waals surface area contributed by atoms with E-state index in [2.05, 4.69) is 0 Å². The van der Waals surface area contributed by atoms with Gasteiger partial charge < -0.3 is 4.18 Å². The van der Waals surface area contributed by atoms with E-state index in [1.54, 1.807) is 6.92 Å². The lowest BCUT2D eigenvalue weighted by atomic mass is 10.2. The summed E-state index contributed by atoms with van der Waals surface area (Å²) in [5.41, 5.74) is 1.75. The highest BCUT2D eigenvalue weighted by Gasteiger charge is 2.25. The average molecular weight is 186 g/mol. The lowest BCUT2D eigenvalue weighted by Crippen LogP contribution is -2.02. The Labute approximate surface area is 77.6 Å². The molecule has 1 rings (SSSR count). The van der Waals surface area contributed by atoms with Crippen LogP contribution in [0.1, 0.15) is 33.6 Å². The van der Waals surface area contributed by atoms with E-state index < -0.39 is 0 Å². The molecule has 0 aliphatic heterocycles. The largest absolute Gasteiger partial charge is 0.388 e. The number of carbonyl (C=O) groups is 1. The molecule has 3 heteroatoms. The van der Waals surface area contributed by atoms with Crippen LogP contribution in [-0.4, -0.2) is 11.2 Å². The Morgan fingerprint density at radius 1 is 1.33 bits per heavy atom. The molecule has 0 amide bonds. The Balaban J connectivity index is 2.31. The summed E-state index contributed by atoms with van der Waals surface area (Å²) < 4.78 is 5.01. The Kier molecular flexibility index (Phi) is 3.20. The minimum absolute atomic E-state index is 0.188. The van der Waals surface area contributed by atoms with E-state index in [1.807, 2.05) is 13.8 Å². The predicted molar refractivity (Wildman–Crippen MR) is 50.8 cm³/mol. The van der Waals surface area contributed by atoms with Crippen LogP contribution in [0.5, 0.6) is 0 Å². The van der Waals surface area contributed by atoms with Crippen molar-refractivity contribution >= 4 is 18.0 Å². The molecule has 1 saturated carbocycles. The lowest BCUT2D eigenvalue weighted by molar-refractivity contribution is -0.128. The van der Waals surface area contributed by atoms with Crippen molar-refractivity contribution in [2.75, 3.05) is 0 Å². The molecule has 0 bridgehead atoms. The molecule has 1 aliphatic carbocycles. The van der Waals surface area contributed by atoms with E-state index in [0.29, 0.717) is 5.25 Å². The fraction of sp³-hybridized carbons (Fsp3) is 0.667. The van der Waals surface area contributed by atoms with Crippen molar-refractivity contribution in [3.63, 3.8) is 0 Å². The van der Waals surface area contributed by atoms with Crippen LogP contribution in [0.3, 0.4) is 0 Å². The fourth-order valence-corrected chi connectivity index (χ4v) is 1.22. The molecular formula is C9H14O2S. The summed E-state index contributed by atoms with van der Waals surface area (Å²) >= 11 is 1.31. The van der Waals surface area contributed by atoms with Crippen molar-refractivity contribution in [3.8, 4) is 0 Å². The standard InChI is InChI=1S/C9H14O2S/c1-6(2)7(3)9(10)11-12-8-4-5-8/h8H,4-5H2,1-3H3. The van der Waals surface area contributed by atoms with E-state index in [-0.39, 0.29) is 5.97 Å². The Morgan fingerprint density at radius 3 is 2.33 bits per heavy atom. The van der Waals surface area contributed by atoms with E-state index >= 15 is 0 Å². The topological polar surface area (TPSA) is 26.3 Å². The minimum Gasteiger partial charge on any atom is -0.388 e. The summed E-state index contributed by atoms with van der Waals surface area (Å²) in [7, 11) is 0. The van der Waals surface area contributed by atoms with Crippen LogP contribution in [0.4, 0.5) is 0 Å². The summed E-state index contributed by atoms with van der Waals surface area (Å²) in [6, 6.07) is 0. The second kappa shape index (κ2) is 3.99. The first-order valence-corrected chi connectivity index (χ1v) is 4.93. The van der Waals surface area contributed by atoms with Crippen LogP contribution in [-0.2, 0) is 8.98 Å². The maximum Gasteiger partial charge on any atom is 0.345 e. The van der Waals surface area contributed by atoms with Crippen molar-refractivity contribution in [2.24, 2.45) is 0 Å². The molecule has 0 atom stereocenters. The first kappa shape index (κ1) is 9.65. The van der Waals surface area contributed by atoms with Crippen LogP contribution in [0.25, 0.3) is 0 Å². The minimum atomic E-state index is -0.188. The second-order valence-electron chi connectivity index (χ2n) is 3.29. The maximum absolute atomic E-state index is 11.2. The average Bonchev–Trinajstić information content (AvgIpc) is 2.81. The van der Waals surface area contributed by atoms with Gasteiger partial charge in [-0.05, 0) is 33.6 Å². The Morgan fingerprint density at radius 2 is 1.92 bits per heavy atom. The molecule has 68 valence electrons. The van der Waals surface area contributed by atoms with Crippen molar-refractivity contribution in [3.05, 3.63) is 11.1 Å². The summed E-state index contributed by atoms with van der Waals surface area (Å²) in [4.78, 5) is 11.2. The zero-order valence-electron chi connectivity index (χ0n) is 7.72.